The van der Waals surface area contributed by atoms with Crippen molar-refractivity contribution < 1.29 is 0 Å². The van der Waals surface area contributed by atoms with Crippen molar-refractivity contribution in [1.29, 1.82) is 5.26 Å². The van der Waals surface area contributed by atoms with Gasteiger partial charge in [-0.3, -0.25) is 0 Å². The maximum Gasteiger partial charge on any atom is 0.101 e. The van der Waals surface area contributed by atoms with Crippen molar-refractivity contribution in [3.63, 3.8) is 0 Å². The molecular formula is C11H14N2. The van der Waals surface area contributed by atoms with E-state index in [4.69, 9.17) is 11.0 Å². The molecule has 0 saturated heterocycles. The van der Waals surface area contributed by atoms with Crippen LogP contribution in [0, 0.1) is 11.3 Å². The maximum absolute atomic E-state index is 8.77. The van der Waals surface area contributed by atoms with Gasteiger partial charge in [0.05, 0.1) is 11.3 Å². The monoisotopic (exact) mass is 174 g/mol. The Balaban J connectivity index is 3.17. The lowest BCUT2D eigenvalue weighted by atomic mass is 9.95. The van der Waals surface area contributed by atoms with E-state index in [0.717, 1.165) is 12.0 Å². The number of hydrogen-bond acceptors (Lipinski definition) is 2. The van der Waals surface area contributed by atoms with Crippen LogP contribution in [0.25, 0.3) is 0 Å². The van der Waals surface area contributed by atoms with Gasteiger partial charge in [-0.05, 0) is 24.0 Å². The van der Waals surface area contributed by atoms with Crippen molar-refractivity contribution in [3.8, 4) is 6.07 Å². The molecule has 1 aromatic rings. The number of hydrogen-bond donors (Lipinski definition) is 1. The normalized spacial score (nSPS) is 12.1. The minimum Gasteiger partial charge on any atom is -0.397 e. The lowest BCUT2D eigenvalue weighted by molar-refractivity contribution is 0.735. The first-order valence-electron chi connectivity index (χ1n) is 4.49. The van der Waals surface area contributed by atoms with Crippen molar-refractivity contribution in [2.75, 3.05) is 5.73 Å². The summed E-state index contributed by atoms with van der Waals surface area (Å²) in [7, 11) is 0. The van der Waals surface area contributed by atoms with E-state index in [9.17, 15) is 0 Å². The number of para-hydroxylation sites is 1. The Morgan fingerprint density at radius 1 is 1.54 bits per heavy atom. The molecule has 0 amide bonds. The molecule has 0 saturated carbocycles. The Morgan fingerprint density at radius 3 is 2.77 bits per heavy atom. The van der Waals surface area contributed by atoms with E-state index in [-0.39, 0.29) is 0 Å². The summed E-state index contributed by atoms with van der Waals surface area (Å²) < 4.78 is 0. The highest BCUT2D eigenvalue weighted by molar-refractivity contribution is 5.60. The Bertz CT molecular complexity index is 336. The van der Waals surface area contributed by atoms with Gasteiger partial charge in [-0.25, -0.2) is 0 Å². The lowest BCUT2D eigenvalue weighted by Gasteiger charge is -2.12. The third kappa shape index (κ3) is 1.81. The number of anilines is 1. The van der Waals surface area contributed by atoms with Gasteiger partial charge in [-0.2, -0.15) is 5.26 Å². The van der Waals surface area contributed by atoms with E-state index in [0.29, 0.717) is 17.2 Å². The van der Waals surface area contributed by atoms with E-state index in [1.807, 2.05) is 12.1 Å². The zero-order valence-electron chi connectivity index (χ0n) is 8.04. The third-order valence-corrected chi connectivity index (χ3v) is 2.40. The standard InChI is InChI=1S/C11H14N2/c1-3-8(2)10-6-4-5-9(7-12)11(10)13/h4-6,8H,3,13H2,1-2H3. The van der Waals surface area contributed by atoms with Gasteiger partial charge in [0.2, 0.25) is 0 Å². The summed E-state index contributed by atoms with van der Waals surface area (Å²) in [5, 5.41) is 8.77. The average Bonchev–Trinajstić information content (AvgIpc) is 2.17. The highest BCUT2D eigenvalue weighted by Crippen LogP contribution is 2.26. The van der Waals surface area contributed by atoms with Crippen molar-refractivity contribution in [2.45, 2.75) is 26.2 Å². The topological polar surface area (TPSA) is 49.8 Å². The summed E-state index contributed by atoms with van der Waals surface area (Å²) in [4.78, 5) is 0. The molecule has 0 aliphatic heterocycles. The van der Waals surface area contributed by atoms with Crippen LogP contribution in [-0.4, -0.2) is 0 Å². The van der Waals surface area contributed by atoms with Crippen LogP contribution in [0.3, 0.4) is 0 Å². The van der Waals surface area contributed by atoms with Gasteiger partial charge in [0.15, 0.2) is 0 Å². The summed E-state index contributed by atoms with van der Waals surface area (Å²) in [5.41, 5.74) is 8.15. The number of nitriles is 1. The van der Waals surface area contributed by atoms with Crippen LogP contribution in [-0.2, 0) is 0 Å². The van der Waals surface area contributed by atoms with Gasteiger partial charge in [0, 0.05) is 0 Å². The van der Waals surface area contributed by atoms with Crippen molar-refractivity contribution in [1.82, 2.24) is 0 Å². The molecule has 1 aromatic carbocycles. The smallest absolute Gasteiger partial charge is 0.101 e. The van der Waals surface area contributed by atoms with E-state index >= 15 is 0 Å². The van der Waals surface area contributed by atoms with Gasteiger partial charge in [-0.1, -0.05) is 26.0 Å². The molecule has 1 rings (SSSR count). The highest BCUT2D eigenvalue weighted by atomic mass is 14.6. The quantitative estimate of drug-likeness (QED) is 0.701. The second-order valence-corrected chi connectivity index (χ2v) is 3.23. The fourth-order valence-electron chi connectivity index (χ4n) is 1.33. The number of benzene rings is 1. The van der Waals surface area contributed by atoms with Gasteiger partial charge in [-0.15, -0.1) is 0 Å². The van der Waals surface area contributed by atoms with E-state index in [1.54, 1.807) is 6.07 Å². The fourth-order valence-corrected chi connectivity index (χ4v) is 1.33. The molecule has 2 nitrogen and oxygen atoms in total. The Morgan fingerprint density at radius 2 is 2.23 bits per heavy atom. The Kier molecular flexibility index (Phi) is 2.92. The molecule has 0 spiro atoms. The summed E-state index contributed by atoms with van der Waals surface area (Å²) in [5.74, 6) is 0.424. The number of nitrogen functional groups attached to an aromatic ring is 1. The first kappa shape index (κ1) is 9.60. The fraction of sp³-hybridized carbons (Fsp3) is 0.364. The predicted molar refractivity (Wildman–Crippen MR) is 54.3 cm³/mol. The van der Waals surface area contributed by atoms with Gasteiger partial charge < -0.3 is 5.73 Å². The van der Waals surface area contributed by atoms with Crippen LogP contribution < -0.4 is 5.73 Å². The molecule has 13 heavy (non-hydrogen) atoms. The van der Waals surface area contributed by atoms with Crippen LogP contribution in [0.1, 0.15) is 37.3 Å². The minimum atomic E-state index is 0.424. The second kappa shape index (κ2) is 3.95. The number of nitrogens with two attached hydrogens (primary N) is 1. The molecular weight excluding hydrogens is 160 g/mol. The zero-order valence-corrected chi connectivity index (χ0v) is 8.04. The molecule has 0 radical (unpaired) electrons. The first-order chi connectivity index (χ1) is 6.20. The molecule has 2 heteroatoms. The zero-order chi connectivity index (χ0) is 9.84. The average molecular weight is 174 g/mol. The summed E-state index contributed by atoms with van der Waals surface area (Å²) >= 11 is 0. The highest BCUT2D eigenvalue weighted by Gasteiger charge is 2.09. The lowest BCUT2D eigenvalue weighted by Crippen LogP contribution is -2.00. The Hall–Kier alpha value is -1.49. The van der Waals surface area contributed by atoms with Crippen molar-refractivity contribution >= 4 is 5.69 Å². The van der Waals surface area contributed by atoms with Crippen LogP contribution in [0.4, 0.5) is 5.69 Å². The first-order valence-corrected chi connectivity index (χ1v) is 4.49. The molecule has 0 aromatic heterocycles. The van der Waals surface area contributed by atoms with E-state index < -0.39 is 0 Å². The number of nitrogens with zero attached hydrogens (tertiary/aromatic N) is 1. The Labute approximate surface area is 79.0 Å². The van der Waals surface area contributed by atoms with Crippen LogP contribution in [0.2, 0.25) is 0 Å². The molecule has 2 N–H and O–H groups in total. The van der Waals surface area contributed by atoms with Gasteiger partial charge in [0.25, 0.3) is 0 Å². The van der Waals surface area contributed by atoms with Crippen molar-refractivity contribution in [3.05, 3.63) is 29.3 Å². The molecule has 0 aliphatic rings. The summed E-state index contributed by atoms with van der Waals surface area (Å²) in [6, 6.07) is 7.72. The SMILES string of the molecule is CCC(C)c1cccc(C#N)c1N. The summed E-state index contributed by atoms with van der Waals surface area (Å²) in [6.45, 7) is 4.23. The van der Waals surface area contributed by atoms with Gasteiger partial charge >= 0.3 is 0 Å². The van der Waals surface area contributed by atoms with Crippen LogP contribution >= 0.6 is 0 Å². The third-order valence-electron chi connectivity index (χ3n) is 2.40. The molecule has 0 bridgehead atoms. The molecule has 0 fully saturated rings. The van der Waals surface area contributed by atoms with E-state index in [1.165, 1.54) is 0 Å². The van der Waals surface area contributed by atoms with Crippen LogP contribution in [0.15, 0.2) is 18.2 Å². The predicted octanol–water partition coefficient (Wildman–Crippen LogP) is 2.65. The molecule has 1 unspecified atom stereocenters. The minimum absolute atomic E-state index is 0.424. The molecule has 1 atom stereocenters. The largest absolute Gasteiger partial charge is 0.397 e. The second-order valence-electron chi connectivity index (χ2n) is 3.23. The molecule has 68 valence electrons. The summed E-state index contributed by atoms with van der Waals surface area (Å²) in [6.07, 6.45) is 1.04. The number of rotatable bonds is 2. The van der Waals surface area contributed by atoms with Crippen LogP contribution in [0.5, 0.6) is 0 Å². The molecule has 0 heterocycles. The maximum atomic E-state index is 8.77. The van der Waals surface area contributed by atoms with E-state index in [2.05, 4.69) is 19.9 Å². The molecule has 0 aliphatic carbocycles. The van der Waals surface area contributed by atoms with Crippen molar-refractivity contribution in [2.24, 2.45) is 0 Å². The van der Waals surface area contributed by atoms with Gasteiger partial charge in [0.1, 0.15) is 6.07 Å².